The van der Waals surface area contributed by atoms with Crippen molar-refractivity contribution in [3.8, 4) is 0 Å². The second-order valence-electron chi connectivity index (χ2n) is 4.96. The molecule has 0 aromatic heterocycles. The molecule has 2 atom stereocenters. The summed E-state index contributed by atoms with van der Waals surface area (Å²) in [6.07, 6.45) is 0.903. The van der Waals surface area contributed by atoms with E-state index < -0.39 is 0 Å². The third-order valence-electron chi connectivity index (χ3n) is 3.27. The summed E-state index contributed by atoms with van der Waals surface area (Å²) >= 11 is 12.5. The molecule has 19 heavy (non-hydrogen) atoms. The van der Waals surface area contributed by atoms with Crippen molar-refractivity contribution in [1.29, 1.82) is 0 Å². The predicted octanol–water partition coefficient (Wildman–Crippen LogP) is 4.19. The Balaban J connectivity index is 2.91. The quantitative estimate of drug-likeness (QED) is 0.815. The number of ether oxygens (including phenoxy) is 1. The summed E-state index contributed by atoms with van der Waals surface area (Å²) < 4.78 is 5.86. The monoisotopic (exact) mass is 303 g/mol. The number of hydrogen-bond acceptors (Lipinski definition) is 2. The molecule has 0 saturated carbocycles. The van der Waals surface area contributed by atoms with Gasteiger partial charge >= 0.3 is 0 Å². The first kappa shape index (κ1) is 16.8. The van der Waals surface area contributed by atoms with Crippen LogP contribution in [-0.4, -0.2) is 25.8 Å². The third-order valence-corrected chi connectivity index (χ3v) is 3.98. The zero-order valence-electron chi connectivity index (χ0n) is 12.0. The second kappa shape index (κ2) is 8.11. The second-order valence-corrected chi connectivity index (χ2v) is 5.78. The highest BCUT2D eigenvalue weighted by molar-refractivity contribution is 6.36. The van der Waals surface area contributed by atoms with E-state index in [4.69, 9.17) is 27.9 Å². The van der Waals surface area contributed by atoms with Crippen LogP contribution < -0.4 is 5.32 Å². The molecular formula is C15H23Cl2NO. The average molecular weight is 304 g/mol. The molecule has 0 fully saturated rings. The van der Waals surface area contributed by atoms with Gasteiger partial charge in [0.1, 0.15) is 0 Å². The van der Waals surface area contributed by atoms with E-state index in [0.717, 1.165) is 12.0 Å². The number of nitrogens with one attached hydrogen (secondary N) is 1. The highest BCUT2D eigenvalue weighted by Crippen LogP contribution is 2.27. The highest BCUT2D eigenvalue weighted by Gasteiger charge is 2.25. The summed E-state index contributed by atoms with van der Waals surface area (Å²) in [6.45, 7) is 7.06. The van der Waals surface area contributed by atoms with Crippen LogP contribution in [0.5, 0.6) is 0 Å². The molecule has 0 aliphatic carbocycles. The van der Waals surface area contributed by atoms with E-state index in [1.807, 2.05) is 32.2 Å². The van der Waals surface area contributed by atoms with Crippen LogP contribution in [0.25, 0.3) is 0 Å². The standard InChI is InChI=1S/C15H23Cl2NO/c1-5-19-15(10(2)3)14(18-4)9-11-12(16)7-6-8-13(11)17/h6-8,10,14-15,18H,5,9H2,1-4H3. The van der Waals surface area contributed by atoms with E-state index >= 15 is 0 Å². The summed E-state index contributed by atoms with van der Waals surface area (Å²) in [5, 5.41) is 4.76. The number of halogens is 2. The van der Waals surface area contributed by atoms with Crippen LogP contribution in [0.2, 0.25) is 10.0 Å². The van der Waals surface area contributed by atoms with Gasteiger partial charge in [0, 0.05) is 22.7 Å². The smallest absolute Gasteiger partial charge is 0.0753 e. The van der Waals surface area contributed by atoms with Gasteiger partial charge in [-0.1, -0.05) is 43.1 Å². The van der Waals surface area contributed by atoms with E-state index in [9.17, 15) is 0 Å². The van der Waals surface area contributed by atoms with E-state index in [0.29, 0.717) is 22.6 Å². The van der Waals surface area contributed by atoms with Crippen molar-refractivity contribution in [2.75, 3.05) is 13.7 Å². The molecule has 0 bridgehead atoms. The van der Waals surface area contributed by atoms with Crippen LogP contribution >= 0.6 is 23.2 Å². The third kappa shape index (κ3) is 4.64. The van der Waals surface area contributed by atoms with Crippen LogP contribution in [0, 0.1) is 5.92 Å². The lowest BCUT2D eigenvalue weighted by atomic mass is 9.94. The predicted molar refractivity (Wildman–Crippen MR) is 83.3 cm³/mol. The largest absolute Gasteiger partial charge is 0.377 e. The first-order chi connectivity index (χ1) is 9.01. The first-order valence-electron chi connectivity index (χ1n) is 6.73. The van der Waals surface area contributed by atoms with Gasteiger partial charge in [-0.15, -0.1) is 0 Å². The summed E-state index contributed by atoms with van der Waals surface area (Å²) in [7, 11) is 1.95. The fourth-order valence-electron chi connectivity index (χ4n) is 2.30. The van der Waals surface area contributed by atoms with Gasteiger partial charge < -0.3 is 10.1 Å². The summed E-state index contributed by atoms with van der Waals surface area (Å²) in [4.78, 5) is 0. The van der Waals surface area contributed by atoms with Gasteiger partial charge in [0.2, 0.25) is 0 Å². The lowest BCUT2D eigenvalue weighted by Gasteiger charge is -2.30. The van der Waals surface area contributed by atoms with E-state index in [1.54, 1.807) is 0 Å². The Bertz CT molecular complexity index is 375. The maximum atomic E-state index is 6.24. The molecular weight excluding hydrogens is 281 g/mol. The molecule has 0 amide bonds. The molecule has 1 rings (SSSR count). The number of hydrogen-bond donors (Lipinski definition) is 1. The number of likely N-dealkylation sites (N-methyl/N-ethyl adjacent to an activating group) is 1. The Morgan fingerprint density at radius 3 is 2.21 bits per heavy atom. The molecule has 1 N–H and O–H groups in total. The highest BCUT2D eigenvalue weighted by atomic mass is 35.5. The Hall–Kier alpha value is -0.280. The number of rotatable bonds is 7. The average Bonchev–Trinajstić information content (AvgIpc) is 2.36. The Kier molecular flexibility index (Phi) is 7.16. The van der Waals surface area contributed by atoms with Crippen molar-refractivity contribution < 1.29 is 4.74 Å². The van der Waals surface area contributed by atoms with Gasteiger partial charge in [0.05, 0.1) is 6.10 Å². The molecule has 1 aromatic carbocycles. The summed E-state index contributed by atoms with van der Waals surface area (Å²) in [5.74, 6) is 0.429. The SMILES string of the molecule is CCOC(C(C)C)C(Cc1c(Cl)cccc1Cl)NC. The minimum absolute atomic E-state index is 0.141. The Morgan fingerprint density at radius 2 is 1.79 bits per heavy atom. The van der Waals surface area contributed by atoms with E-state index in [2.05, 4.69) is 19.2 Å². The Morgan fingerprint density at radius 1 is 1.21 bits per heavy atom. The summed E-state index contributed by atoms with van der Waals surface area (Å²) in [6, 6.07) is 5.81. The van der Waals surface area contributed by atoms with Crippen molar-refractivity contribution in [3.63, 3.8) is 0 Å². The minimum atomic E-state index is 0.141. The lowest BCUT2D eigenvalue weighted by Crippen LogP contribution is -2.44. The fraction of sp³-hybridized carbons (Fsp3) is 0.600. The topological polar surface area (TPSA) is 21.3 Å². The fourth-order valence-corrected chi connectivity index (χ4v) is 2.85. The normalized spacial score (nSPS) is 14.7. The van der Waals surface area contributed by atoms with Crippen molar-refractivity contribution in [2.45, 2.75) is 39.3 Å². The van der Waals surface area contributed by atoms with Gasteiger partial charge in [-0.2, -0.15) is 0 Å². The van der Waals surface area contributed by atoms with Crippen molar-refractivity contribution in [1.82, 2.24) is 5.32 Å². The zero-order chi connectivity index (χ0) is 14.4. The Labute approximate surface area is 126 Å². The van der Waals surface area contributed by atoms with Crippen molar-refractivity contribution >= 4 is 23.2 Å². The van der Waals surface area contributed by atoms with Crippen LogP contribution in [0.3, 0.4) is 0 Å². The van der Waals surface area contributed by atoms with E-state index in [-0.39, 0.29) is 12.1 Å². The van der Waals surface area contributed by atoms with Crippen LogP contribution in [0.15, 0.2) is 18.2 Å². The molecule has 0 radical (unpaired) electrons. The molecule has 4 heteroatoms. The van der Waals surface area contributed by atoms with Gasteiger partial charge in [-0.05, 0) is 44.0 Å². The maximum absolute atomic E-state index is 6.24. The van der Waals surface area contributed by atoms with Crippen LogP contribution in [0.4, 0.5) is 0 Å². The van der Waals surface area contributed by atoms with Gasteiger partial charge in [0.15, 0.2) is 0 Å². The van der Waals surface area contributed by atoms with Gasteiger partial charge in [0.25, 0.3) is 0 Å². The first-order valence-corrected chi connectivity index (χ1v) is 7.48. The van der Waals surface area contributed by atoms with Gasteiger partial charge in [-0.3, -0.25) is 0 Å². The molecule has 2 unspecified atom stereocenters. The lowest BCUT2D eigenvalue weighted by molar-refractivity contribution is 0.00536. The molecule has 0 heterocycles. The number of benzene rings is 1. The summed E-state index contributed by atoms with van der Waals surface area (Å²) in [5.41, 5.74) is 0.982. The molecule has 0 aliphatic heterocycles. The van der Waals surface area contributed by atoms with Gasteiger partial charge in [-0.25, -0.2) is 0 Å². The van der Waals surface area contributed by atoms with Crippen LogP contribution in [0.1, 0.15) is 26.3 Å². The van der Waals surface area contributed by atoms with Crippen molar-refractivity contribution in [2.24, 2.45) is 5.92 Å². The molecule has 0 saturated heterocycles. The van der Waals surface area contributed by atoms with Crippen LogP contribution in [-0.2, 0) is 11.2 Å². The molecule has 1 aromatic rings. The molecule has 108 valence electrons. The molecule has 0 spiro atoms. The van der Waals surface area contributed by atoms with E-state index in [1.165, 1.54) is 0 Å². The zero-order valence-corrected chi connectivity index (χ0v) is 13.6. The molecule has 0 aliphatic rings. The maximum Gasteiger partial charge on any atom is 0.0753 e. The minimum Gasteiger partial charge on any atom is -0.377 e. The van der Waals surface area contributed by atoms with Crippen molar-refractivity contribution in [3.05, 3.63) is 33.8 Å². The molecule has 2 nitrogen and oxygen atoms in total.